The van der Waals surface area contributed by atoms with Gasteiger partial charge in [0.05, 0.1) is 0 Å². The van der Waals surface area contributed by atoms with Gasteiger partial charge in [0.1, 0.15) is 5.60 Å². The second-order valence-electron chi connectivity index (χ2n) is 10.0. The average Bonchev–Trinajstić information content (AvgIpc) is 2.89. The Labute approximate surface area is 173 Å². The zero-order valence-corrected chi connectivity index (χ0v) is 18.2. The van der Waals surface area contributed by atoms with E-state index in [0.717, 1.165) is 32.6 Å². The molecule has 160 valence electrons. The largest absolute Gasteiger partial charge is 0.481 e. The number of hydrogen-bond donors (Lipinski definition) is 2. The lowest BCUT2D eigenvalue weighted by molar-refractivity contribution is -0.156. The molecule has 5 nitrogen and oxygen atoms in total. The molecule has 0 bridgehead atoms. The van der Waals surface area contributed by atoms with Crippen LogP contribution in [0.15, 0.2) is 23.3 Å². The van der Waals surface area contributed by atoms with Crippen molar-refractivity contribution in [1.29, 1.82) is 0 Å². The van der Waals surface area contributed by atoms with E-state index in [1.54, 1.807) is 6.92 Å². The van der Waals surface area contributed by atoms with Gasteiger partial charge in [0.2, 0.25) is 0 Å². The molecule has 0 unspecified atom stereocenters. The summed E-state index contributed by atoms with van der Waals surface area (Å²) < 4.78 is 0. The number of carboxylic acid groups (broad SMARTS) is 1. The van der Waals surface area contributed by atoms with Crippen molar-refractivity contribution in [3.05, 3.63) is 23.3 Å². The van der Waals surface area contributed by atoms with Gasteiger partial charge in [-0.25, -0.2) is 0 Å². The number of carbonyl (C=O) groups excluding carboxylic acids is 2. The van der Waals surface area contributed by atoms with Crippen LogP contribution in [-0.4, -0.2) is 33.3 Å². The number of aliphatic hydroxyl groups is 1. The van der Waals surface area contributed by atoms with Gasteiger partial charge in [0.15, 0.2) is 11.6 Å². The first kappa shape index (κ1) is 21.9. The fourth-order valence-electron chi connectivity index (χ4n) is 7.01. The Morgan fingerprint density at radius 3 is 2.24 bits per heavy atom. The molecular formula is C24H34O5. The van der Waals surface area contributed by atoms with Crippen molar-refractivity contribution in [1.82, 2.24) is 0 Å². The third-order valence-electron chi connectivity index (χ3n) is 8.56. The number of Topliss-reactive ketones (excluding diaryl/α,β-unsaturated/α-hetero) is 1. The predicted molar refractivity (Wildman–Crippen MR) is 110 cm³/mol. The number of ketones is 2. The van der Waals surface area contributed by atoms with E-state index in [1.807, 2.05) is 6.08 Å². The smallest absolute Gasteiger partial charge is 0.300 e. The average molecular weight is 403 g/mol. The first-order valence-electron chi connectivity index (χ1n) is 10.7. The van der Waals surface area contributed by atoms with Crippen LogP contribution in [0.1, 0.15) is 73.1 Å². The molecule has 0 saturated heterocycles. The van der Waals surface area contributed by atoms with Crippen LogP contribution in [0.2, 0.25) is 0 Å². The third-order valence-corrected chi connectivity index (χ3v) is 8.56. The van der Waals surface area contributed by atoms with E-state index in [1.165, 1.54) is 11.1 Å². The zero-order chi connectivity index (χ0) is 21.8. The number of carboxylic acids is 1. The second kappa shape index (κ2) is 7.19. The lowest BCUT2D eigenvalue weighted by Crippen LogP contribution is -2.56. The van der Waals surface area contributed by atoms with Crippen LogP contribution in [0.25, 0.3) is 0 Å². The molecule has 0 amide bonds. The third kappa shape index (κ3) is 3.22. The molecule has 5 heteroatoms. The molecular weight excluding hydrogens is 368 g/mol. The Morgan fingerprint density at radius 1 is 1.07 bits per heavy atom. The van der Waals surface area contributed by atoms with E-state index in [9.17, 15) is 14.7 Å². The summed E-state index contributed by atoms with van der Waals surface area (Å²) in [6.45, 7) is 9.26. The monoisotopic (exact) mass is 402 g/mol. The van der Waals surface area contributed by atoms with Gasteiger partial charge in [0.25, 0.3) is 5.97 Å². The molecule has 0 heterocycles. The van der Waals surface area contributed by atoms with Crippen molar-refractivity contribution < 1.29 is 24.6 Å². The first-order valence-corrected chi connectivity index (χ1v) is 10.7. The van der Waals surface area contributed by atoms with Crippen molar-refractivity contribution in [2.45, 2.75) is 78.7 Å². The number of allylic oxidation sites excluding steroid dienone is 4. The molecule has 4 aliphatic carbocycles. The van der Waals surface area contributed by atoms with Crippen LogP contribution in [0.3, 0.4) is 0 Å². The van der Waals surface area contributed by atoms with Crippen LogP contribution in [0.4, 0.5) is 0 Å². The molecule has 4 rings (SSSR count). The molecule has 0 aromatic rings. The molecule has 0 spiro atoms. The quantitative estimate of drug-likeness (QED) is 0.689. The Hall–Kier alpha value is -1.75. The van der Waals surface area contributed by atoms with E-state index in [0.29, 0.717) is 30.6 Å². The van der Waals surface area contributed by atoms with E-state index >= 15 is 0 Å². The Bertz CT molecular complexity index is 804. The van der Waals surface area contributed by atoms with E-state index < -0.39 is 11.6 Å². The molecule has 0 aromatic carbocycles. The minimum atomic E-state index is -1.16. The first-order chi connectivity index (χ1) is 13.4. The van der Waals surface area contributed by atoms with Gasteiger partial charge in [-0.15, -0.1) is 0 Å². The van der Waals surface area contributed by atoms with Crippen molar-refractivity contribution in [3.63, 3.8) is 0 Å². The van der Waals surface area contributed by atoms with Crippen molar-refractivity contribution in [3.8, 4) is 0 Å². The minimum Gasteiger partial charge on any atom is -0.481 e. The molecule has 2 fully saturated rings. The fraction of sp³-hybridized carbons (Fsp3) is 0.708. The van der Waals surface area contributed by atoms with Gasteiger partial charge in [-0.3, -0.25) is 14.4 Å². The lowest BCUT2D eigenvalue weighted by atomic mass is 9.47. The molecule has 29 heavy (non-hydrogen) atoms. The minimum absolute atomic E-state index is 0.0651. The zero-order valence-electron chi connectivity index (χ0n) is 18.2. The molecule has 0 aliphatic heterocycles. The summed E-state index contributed by atoms with van der Waals surface area (Å²) in [6.07, 6.45) is 9.28. The lowest BCUT2D eigenvalue weighted by Gasteiger charge is -2.57. The molecule has 2 saturated carbocycles. The van der Waals surface area contributed by atoms with E-state index in [4.69, 9.17) is 9.90 Å². The highest BCUT2D eigenvalue weighted by molar-refractivity contribution is 5.92. The van der Waals surface area contributed by atoms with Gasteiger partial charge in [-0.2, -0.15) is 0 Å². The Morgan fingerprint density at radius 2 is 1.66 bits per heavy atom. The summed E-state index contributed by atoms with van der Waals surface area (Å²) in [5.74, 6) is 0.630. The summed E-state index contributed by atoms with van der Waals surface area (Å²) >= 11 is 0. The number of rotatable bonds is 1. The predicted octanol–water partition coefficient (Wildman–Crippen LogP) is 4.10. The normalized spacial score (nSPS) is 43.0. The highest BCUT2D eigenvalue weighted by Crippen LogP contribution is 2.67. The summed E-state index contributed by atoms with van der Waals surface area (Å²) in [7, 11) is 0. The number of fused-ring (bicyclic) bond motifs is 5. The molecule has 0 radical (unpaired) electrons. The number of aliphatic carboxylic acids is 1. The van der Waals surface area contributed by atoms with E-state index in [-0.39, 0.29) is 22.4 Å². The molecule has 0 aromatic heterocycles. The molecule has 2 N–H and O–H groups in total. The summed E-state index contributed by atoms with van der Waals surface area (Å²) in [6, 6.07) is 0. The molecule has 4 aliphatic rings. The van der Waals surface area contributed by atoms with Crippen LogP contribution >= 0.6 is 0 Å². The number of hydrogen-bond acceptors (Lipinski definition) is 4. The van der Waals surface area contributed by atoms with Crippen molar-refractivity contribution >= 4 is 17.5 Å². The van der Waals surface area contributed by atoms with Gasteiger partial charge in [0, 0.05) is 18.8 Å². The topological polar surface area (TPSA) is 91.7 Å². The maximum absolute atomic E-state index is 12.3. The van der Waals surface area contributed by atoms with Crippen LogP contribution < -0.4 is 0 Å². The van der Waals surface area contributed by atoms with Gasteiger partial charge in [-0.05, 0) is 80.8 Å². The summed E-state index contributed by atoms with van der Waals surface area (Å²) in [4.78, 5) is 33.3. The van der Waals surface area contributed by atoms with Crippen molar-refractivity contribution in [2.24, 2.45) is 28.6 Å². The van der Waals surface area contributed by atoms with E-state index in [2.05, 4.69) is 26.8 Å². The standard InChI is InChI=1S/C22H30O3.C2H4O2/c1-13-11-16-17(20(3)8-5-15(24)12-19(13)20)6-9-21(4)18(16)7-10-22(21,25)14(2)23;1-2(3)4/h11-12,16-18,25H,5-10H2,1-4H3;1H3,(H,3,4)/t16-,17+,18+,20-,21+,22+;/m1./s1. The molecule has 6 atom stereocenters. The van der Waals surface area contributed by atoms with Crippen LogP contribution in [-0.2, 0) is 14.4 Å². The Kier molecular flexibility index (Phi) is 5.44. The van der Waals surface area contributed by atoms with Crippen molar-refractivity contribution in [2.75, 3.05) is 0 Å². The highest BCUT2D eigenvalue weighted by atomic mass is 16.4. The summed E-state index contributed by atoms with van der Waals surface area (Å²) in [5.41, 5.74) is 1.06. The van der Waals surface area contributed by atoms with Gasteiger partial charge < -0.3 is 10.2 Å². The van der Waals surface area contributed by atoms with Gasteiger partial charge in [-0.1, -0.05) is 25.5 Å². The number of carbonyl (C=O) groups is 3. The second-order valence-corrected chi connectivity index (χ2v) is 10.0. The van der Waals surface area contributed by atoms with Crippen LogP contribution in [0.5, 0.6) is 0 Å². The SMILES string of the molecule is CC(=O)O.CC(=O)[C@@]1(O)CC[C@H]2[C@@H]3C=C(C)C4=CC(=O)CC[C@]4(C)[C@H]3CC[C@@]21C. The highest BCUT2D eigenvalue weighted by Gasteiger charge is 2.65. The Balaban J connectivity index is 0.000000552. The van der Waals surface area contributed by atoms with Gasteiger partial charge >= 0.3 is 0 Å². The fourth-order valence-corrected chi connectivity index (χ4v) is 7.01. The maximum atomic E-state index is 12.3. The van der Waals surface area contributed by atoms with Crippen LogP contribution in [0, 0.1) is 28.6 Å². The maximum Gasteiger partial charge on any atom is 0.300 e. The summed E-state index contributed by atoms with van der Waals surface area (Å²) in [5, 5.41) is 18.6.